The molecule has 1 aliphatic rings. The fourth-order valence-electron chi connectivity index (χ4n) is 2.22. The number of nitrogens with one attached hydrogen (secondary N) is 1. The predicted molar refractivity (Wildman–Crippen MR) is 71.4 cm³/mol. The smallest absolute Gasteiger partial charge is 0.245 e. The Morgan fingerprint density at radius 1 is 1.44 bits per heavy atom. The molecule has 1 saturated heterocycles. The molecular formula is C13H18N2O2S. The van der Waals surface area contributed by atoms with Crippen molar-refractivity contribution in [2.45, 2.75) is 38.8 Å². The van der Waals surface area contributed by atoms with Gasteiger partial charge in [-0.15, -0.1) is 11.3 Å². The second-order valence-corrected chi connectivity index (χ2v) is 5.74. The predicted octanol–water partition coefficient (Wildman–Crippen LogP) is 1.42. The van der Waals surface area contributed by atoms with Gasteiger partial charge in [-0.3, -0.25) is 9.59 Å². The number of carbonyl (C=O) groups is 2. The van der Waals surface area contributed by atoms with Gasteiger partial charge in [-0.2, -0.15) is 0 Å². The third-order valence-electron chi connectivity index (χ3n) is 3.22. The number of thiophene rings is 1. The van der Waals surface area contributed by atoms with Gasteiger partial charge >= 0.3 is 0 Å². The Hall–Kier alpha value is -1.36. The molecule has 1 N–H and O–H groups in total. The van der Waals surface area contributed by atoms with E-state index in [0.29, 0.717) is 13.0 Å². The Labute approximate surface area is 111 Å². The van der Waals surface area contributed by atoms with Crippen LogP contribution in [0.2, 0.25) is 0 Å². The van der Waals surface area contributed by atoms with E-state index in [9.17, 15) is 9.59 Å². The average Bonchev–Trinajstić information content (AvgIpc) is 2.78. The molecule has 2 unspecified atom stereocenters. The average molecular weight is 266 g/mol. The van der Waals surface area contributed by atoms with E-state index in [2.05, 4.69) is 11.4 Å². The quantitative estimate of drug-likeness (QED) is 0.899. The Balaban J connectivity index is 2.03. The van der Waals surface area contributed by atoms with Gasteiger partial charge in [0.15, 0.2) is 0 Å². The summed E-state index contributed by atoms with van der Waals surface area (Å²) in [6.07, 6.45) is 1.25. The maximum atomic E-state index is 12.2. The van der Waals surface area contributed by atoms with Crippen molar-refractivity contribution in [3.8, 4) is 0 Å². The van der Waals surface area contributed by atoms with Crippen LogP contribution in [0.1, 0.15) is 25.1 Å². The first-order valence-electron chi connectivity index (χ1n) is 6.20. The Kier molecular flexibility index (Phi) is 4.01. The highest BCUT2D eigenvalue weighted by atomic mass is 32.1. The molecule has 1 aliphatic heterocycles. The molecule has 2 amide bonds. The molecule has 98 valence electrons. The van der Waals surface area contributed by atoms with Gasteiger partial charge in [0.05, 0.1) is 0 Å². The van der Waals surface area contributed by atoms with Crippen molar-refractivity contribution in [2.24, 2.45) is 0 Å². The standard InChI is InChI=1S/C13H18N2O2S/c1-9-8-12(16)14-10(2)13(17)15(9)6-5-11-4-3-7-18-11/h3-4,7,9-10H,5-6,8H2,1-2H3,(H,14,16). The summed E-state index contributed by atoms with van der Waals surface area (Å²) in [5.41, 5.74) is 0. The van der Waals surface area contributed by atoms with Gasteiger partial charge in [-0.25, -0.2) is 0 Å². The Morgan fingerprint density at radius 2 is 2.22 bits per heavy atom. The van der Waals surface area contributed by atoms with Crippen LogP contribution in [0.15, 0.2) is 17.5 Å². The molecule has 4 nitrogen and oxygen atoms in total. The van der Waals surface area contributed by atoms with Gasteiger partial charge in [0.2, 0.25) is 11.8 Å². The first-order valence-corrected chi connectivity index (χ1v) is 7.08. The second kappa shape index (κ2) is 5.52. The topological polar surface area (TPSA) is 49.4 Å². The van der Waals surface area contributed by atoms with Crippen LogP contribution in [0.25, 0.3) is 0 Å². The van der Waals surface area contributed by atoms with Crippen LogP contribution in [0.5, 0.6) is 0 Å². The van der Waals surface area contributed by atoms with Crippen molar-refractivity contribution in [3.05, 3.63) is 22.4 Å². The van der Waals surface area contributed by atoms with Gasteiger partial charge < -0.3 is 10.2 Å². The number of carbonyl (C=O) groups excluding carboxylic acids is 2. The molecule has 0 radical (unpaired) electrons. The van der Waals surface area contributed by atoms with E-state index in [1.54, 1.807) is 18.3 Å². The van der Waals surface area contributed by atoms with Crippen molar-refractivity contribution in [1.29, 1.82) is 0 Å². The van der Waals surface area contributed by atoms with Crippen LogP contribution in [0, 0.1) is 0 Å². The molecule has 1 aromatic rings. The number of nitrogens with zero attached hydrogens (tertiary/aromatic N) is 1. The monoisotopic (exact) mass is 266 g/mol. The SMILES string of the molecule is CC1NC(=O)CC(C)N(CCc2cccs2)C1=O. The van der Waals surface area contributed by atoms with Gasteiger partial charge in [0.25, 0.3) is 0 Å². The summed E-state index contributed by atoms with van der Waals surface area (Å²) in [5, 5.41) is 4.76. The first kappa shape index (κ1) is 13.1. The lowest BCUT2D eigenvalue weighted by Crippen LogP contribution is -2.45. The fourth-order valence-corrected chi connectivity index (χ4v) is 2.92. The van der Waals surface area contributed by atoms with E-state index < -0.39 is 6.04 Å². The molecule has 2 heterocycles. The van der Waals surface area contributed by atoms with Crippen LogP contribution >= 0.6 is 11.3 Å². The molecule has 2 atom stereocenters. The summed E-state index contributed by atoms with van der Waals surface area (Å²) in [6, 6.07) is 3.65. The maximum Gasteiger partial charge on any atom is 0.245 e. The molecule has 18 heavy (non-hydrogen) atoms. The van der Waals surface area contributed by atoms with E-state index in [1.807, 2.05) is 23.3 Å². The summed E-state index contributed by atoms with van der Waals surface area (Å²) < 4.78 is 0. The van der Waals surface area contributed by atoms with E-state index >= 15 is 0 Å². The minimum absolute atomic E-state index is 0.0184. The minimum atomic E-state index is -0.411. The fraction of sp³-hybridized carbons (Fsp3) is 0.538. The van der Waals surface area contributed by atoms with Crippen molar-refractivity contribution in [3.63, 3.8) is 0 Å². The summed E-state index contributed by atoms with van der Waals surface area (Å²) in [5.74, 6) is -0.0214. The Bertz CT molecular complexity index is 430. The zero-order valence-electron chi connectivity index (χ0n) is 10.7. The second-order valence-electron chi connectivity index (χ2n) is 4.70. The van der Waals surface area contributed by atoms with Crippen molar-refractivity contribution in [1.82, 2.24) is 10.2 Å². The van der Waals surface area contributed by atoms with E-state index in [4.69, 9.17) is 0 Å². The van der Waals surface area contributed by atoms with E-state index in [-0.39, 0.29) is 17.9 Å². The molecule has 0 aromatic carbocycles. The highest BCUT2D eigenvalue weighted by Gasteiger charge is 2.30. The van der Waals surface area contributed by atoms with E-state index in [0.717, 1.165) is 6.42 Å². The normalized spacial score (nSPS) is 24.9. The summed E-state index contributed by atoms with van der Waals surface area (Å²) >= 11 is 1.70. The molecule has 0 aliphatic carbocycles. The van der Waals surface area contributed by atoms with Crippen LogP contribution < -0.4 is 5.32 Å². The number of hydrogen-bond donors (Lipinski definition) is 1. The lowest BCUT2D eigenvalue weighted by atomic mass is 10.2. The molecule has 0 bridgehead atoms. The molecule has 2 rings (SSSR count). The zero-order valence-corrected chi connectivity index (χ0v) is 11.5. The summed E-state index contributed by atoms with van der Waals surface area (Å²) in [7, 11) is 0. The first-order chi connectivity index (χ1) is 8.58. The number of hydrogen-bond acceptors (Lipinski definition) is 3. The van der Waals surface area contributed by atoms with Crippen LogP contribution in [-0.2, 0) is 16.0 Å². The maximum absolute atomic E-state index is 12.2. The highest BCUT2D eigenvalue weighted by molar-refractivity contribution is 7.09. The largest absolute Gasteiger partial charge is 0.345 e. The van der Waals surface area contributed by atoms with E-state index in [1.165, 1.54) is 4.88 Å². The van der Waals surface area contributed by atoms with Gasteiger partial charge in [0.1, 0.15) is 6.04 Å². The third kappa shape index (κ3) is 2.90. The molecule has 1 fully saturated rings. The molecule has 5 heteroatoms. The minimum Gasteiger partial charge on any atom is -0.345 e. The number of rotatable bonds is 3. The highest BCUT2D eigenvalue weighted by Crippen LogP contribution is 2.15. The van der Waals surface area contributed by atoms with Crippen LogP contribution in [-0.4, -0.2) is 35.3 Å². The van der Waals surface area contributed by atoms with Crippen molar-refractivity contribution < 1.29 is 9.59 Å². The van der Waals surface area contributed by atoms with Crippen molar-refractivity contribution in [2.75, 3.05) is 6.54 Å². The van der Waals surface area contributed by atoms with Gasteiger partial charge in [-0.1, -0.05) is 6.07 Å². The lowest BCUT2D eigenvalue weighted by Gasteiger charge is -2.27. The third-order valence-corrected chi connectivity index (χ3v) is 4.16. The molecular weight excluding hydrogens is 248 g/mol. The van der Waals surface area contributed by atoms with Gasteiger partial charge in [-0.05, 0) is 31.7 Å². The number of amides is 2. The summed E-state index contributed by atoms with van der Waals surface area (Å²) in [6.45, 7) is 4.36. The summed E-state index contributed by atoms with van der Waals surface area (Å²) in [4.78, 5) is 26.8. The van der Waals surface area contributed by atoms with Crippen LogP contribution in [0.3, 0.4) is 0 Å². The van der Waals surface area contributed by atoms with Gasteiger partial charge in [0, 0.05) is 23.9 Å². The molecule has 1 aromatic heterocycles. The van der Waals surface area contributed by atoms with Crippen LogP contribution in [0.4, 0.5) is 0 Å². The van der Waals surface area contributed by atoms with Crippen molar-refractivity contribution >= 4 is 23.2 Å². The molecule has 0 saturated carbocycles. The molecule has 0 spiro atoms. The lowest BCUT2D eigenvalue weighted by molar-refractivity contribution is -0.134. The Morgan fingerprint density at radius 3 is 2.89 bits per heavy atom. The zero-order chi connectivity index (χ0) is 13.1.